The number of nitrogens with zero attached hydrogens (tertiary/aromatic N) is 3. The molecule has 188 valence electrons. The number of aliphatic imine (C=N–C) groups is 1. The van der Waals surface area contributed by atoms with Crippen molar-refractivity contribution in [1.82, 2.24) is 15.1 Å². The van der Waals surface area contributed by atoms with E-state index in [1.165, 1.54) is 24.6 Å². The molecule has 3 aliphatic heterocycles. The third kappa shape index (κ3) is 7.06. The topological polar surface area (TPSA) is 111 Å². The van der Waals surface area contributed by atoms with Crippen molar-refractivity contribution in [3.8, 4) is 0 Å². The quantitative estimate of drug-likeness (QED) is 0.597. The molecule has 4 amide bonds. The van der Waals surface area contributed by atoms with Crippen molar-refractivity contribution in [3.63, 3.8) is 0 Å². The van der Waals surface area contributed by atoms with E-state index in [0.717, 1.165) is 57.0 Å². The van der Waals surface area contributed by atoms with Crippen LogP contribution in [0.15, 0.2) is 29.3 Å². The normalized spacial score (nSPS) is 20.4. The van der Waals surface area contributed by atoms with E-state index in [-0.39, 0.29) is 30.0 Å². The zero-order valence-electron chi connectivity index (χ0n) is 20.0. The number of hydrogen-bond acceptors (Lipinski definition) is 6. The number of thioether (sulfide) groups is 1. The SMILES string of the molecule is O=C(CC1SC(N2CCCC2)=NC1=O)Nc1ccc(C(=O)NCCC(=O)N2CCCCCC2)cc1. The summed E-state index contributed by atoms with van der Waals surface area (Å²) in [5.41, 5.74) is 1.01. The standard InChI is InChI=1S/C25H33N5O4S/c31-21(17-20-24(34)28-25(35-20)30-15-5-6-16-30)27-19-9-7-18(8-10-19)23(33)26-12-11-22(32)29-13-3-1-2-4-14-29/h7-10,20H,1-6,11-17H2,(H,26,33)(H,27,31). The first-order chi connectivity index (χ1) is 17.0. The molecule has 3 heterocycles. The van der Waals surface area contributed by atoms with Crippen LogP contribution in [0.3, 0.4) is 0 Å². The fourth-order valence-corrected chi connectivity index (χ4v) is 5.62. The molecule has 35 heavy (non-hydrogen) atoms. The lowest BCUT2D eigenvalue weighted by molar-refractivity contribution is -0.131. The third-order valence-electron chi connectivity index (χ3n) is 6.49. The molecule has 1 atom stereocenters. The Hall–Kier alpha value is -2.88. The average molecular weight is 500 g/mol. The Labute approximate surface area is 210 Å². The van der Waals surface area contributed by atoms with Crippen LogP contribution in [0.2, 0.25) is 0 Å². The number of amidine groups is 1. The molecule has 0 radical (unpaired) electrons. The molecule has 0 aromatic heterocycles. The lowest BCUT2D eigenvalue weighted by Gasteiger charge is -2.20. The second-order valence-corrected chi connectivity index (χ2v) is 10.3. The largest absolute Gasteiger partial charge is 0.352 e. The van der Waals surface area contributed by atoms with Gasteiger partial charge in [-0.15, -0.1) is 0 Å². The van der Waals surface area contributed by atoms with Crippen molar-refractivity contribution in [2.45, 2.75) is 56.6 Å². The highest BCUT2D eigenvalue weighted by atomic mass is 32.2. The monoisotopic (exact) mass is 499 g/mol. The van der Waals surface area contributed by atoms with Gasteiger partial charge in [-0.25, -0.2) is 0 Å². The summed E-state index contributed by atoms with van der Waals surface area (Å²) in [5, 5.41) is 5.82. The van der Waals surface area contributed by atoms with E-state index in [9.17, 15) is 19.2 Å². The van der Waals surface area contributed by atoms with Crippen molar-refractivity contribution >= 4 is 46.2 Å². The number of anilines is 1. The zero-order chi connectivity index (χ0) is 24.6. The molecule has 1 aromatic rings. The molecule has 1 unspecified atom stereocenters. The van der Waals surface area contributed by atoms with E-state index >= 15 is 0 Å². The summed E-state index contributed by atoms with van der Waals surface area (Å²) < 4.78 is 0. The van der Waals surface area contributed by atoms with Crippen LogP contribution < -0.4 is 10.6 Å². The Morgan fingerprint density at radius 1 is 0.943 bits per heavy atom. The summed E-state index contributed by atoms with van der Waals surface area (Å²) in [6.07, 6.45) is 6.98. The van der Waals surface area contributed by atoms with Crippen molar-refractivity contribution < 1.29 is 19.2 Å². The molecule has 9 nitrogen and oxygen atoms in total. The molecule has 10 heteroatoms. The molecular weight excluding hydrogens is 466 g/mol. The smallest absolute Gasteiger partial charge is 0.262 e. The second kappa shape index (κ2) is 12.2. The number of hydrogen-bond donors (Lipinski definition) is 2. The summed E-state index contributed by atoms with van der Waals surface area (Å²) in [6, 6.07) is 6.58. The van der Waals surface area contributed by atoms with Gasteiger partial charge in [0.2, 0.25) is 11.8 Å². The summed E-state index contributed by atoms with van der Waals surface area (Å²) in [7, 11) is 0. The number of rotatable bonds is 7. The van der Waals surface area contributed by atoms with Crippen LogP contribution in [0.1, 0.15) is 61.7 Å². The Balaban J connectivity index is 1.18. The lowest BCUT2D eigenvalue weighted by atomic mass is 10.2. The van der Waals surface area contributed by atoms with Gasteiger partial charge in [-0.1, -0.05) is 24.6 Å². The van der Waals surface area contributed by atoms with Gasteiger partial charge in [-0.3, -0.25) is 19.2 Å². The minimum absolute atomic E-state index is 0.0532. The van der Waals surface area contributed by atoms with Crippen LogP contribution in [-0.2, 0) is 14.4 Å². The summed E-state index contributed by atoms with van der Waals surface area (Å²) in [4.78, 5) is 57.6. The predicted octanol–water partition coefficient (Wildman–Crippen LogP) is 2.63. The highest BCUT2D eigenvalue weighted by Crippen LogP contribution is 2.29. The van der Waals surface area contributed by atoms with Gasteiger partial charge >= 0.3 is 0 Å². The molecule has 0 saturated carbocycles. The highest BCUT2D eigenvalue weighted by molar-refractivity contribution is 8.15. The van der Waals surface area contributed by atoms with E-state index < -0.39 is 5.25 Å². The number of benzene rings is 1. The number of amides is 4. The highest BCUT2D eigenvalue weighted by Gasteiger charge is 2.33. The van der Waals surface area contributed by atoms with Gasteiger partial charge in [-0.05, 0) is 49.9 Å². The molecule has 0 spiro atoms. The van der Waals surface area contributed by atoms with Gasteiger partial charge in [0.05, 0.1) is 0 Å². The maximum absolute atomic E-state index is 12.5. The summed E-state index contributed by atoms with van der Waals surface area (Å²) in [5.74, 6) is -0.695. The average Bonchev–Trinajstić information content (AvgIpc) is 3.41. The molecule has 0 aliphatic carbocycles. The lowest BCUT2D eigenvalue weighted by Crippen LogP contribution is -2.35. The molecule has 2 saturated heterocycles. The number of carbonyl (C=O) groups is 4. The van der Waals surface area contributed by atoms with E-state index in [2.05, 4.69) is 20.5 Å². The van der Waals surface area contributed by atoms with Crippen LogP contribution in [0, 0.1) is 0 Å². The van der Waals surface area contributed by atoms with Crippen LogP contribution in [0.4, 0.5) is 5.69 Å². The first-order valence-electron chi connectivity index (χ1n) is 12.5. The van der Waals surface area contributed by atoms with Gasteiger partial charge in [0.25, 0.3) is 11.8 Å². The van der Waals surface area contributed by atoms with E-state index in [4.69, 9.17) is 0 Å². The molecular formula is C25H33N5O4S. The molecule has 4 rings (SSSR count). The van der Waals surface area contributed by atoms with Gasteiger partial charge in [0.1, 0.15) is 5.25 Å². The van der Waals surface area contributed by atoms with Gasteiger partial charge in [0.15, 0.2) is 5.17 Å². The minimum Gasteiger partial charge on any atom is -0.352 e. The molecule has 0 bridgehead atoms. The van der Waals surface area contributed by atoms with Crippen LogP contribution in [0.25, 0.3) is 0 Å². The Bertz CT molecular complexity index is 967. The van der Waals surface area contributed by atoms with Gasteiger partial charge in [-0.2, -0.15) is 4.99 Å². The van der Waals surface area contributed by atoms with Gasteiger partial charge in [0, 0.05) is 56.8 Å². The van der Waals surface area contributed by atoms with E-state index in [0.29, 0.717) is 24.2 Å². The predicted molar refractivity (Wildman–Crippen MR) is 136 cm³/mol. The Kier molecular flexibility index (Phi) is 8.79. The first-order valence-corrected chi connectivity index (χ1v) is 13.4. The van der Waals surface area contributed by atoms with Gasteiger partial charge < -0.3 is 20.4 Å². The molecule has 2 fully saturated rings. The number of carbonyl (C=O) groups excluding carboxylic acids is 4. The Morgan fingerprint density at radius 2 is 1.60 bits per heavy atom. The molecule has 3 aliphatic rings. The van der Waals surface area contributed by atoms with Crippen LogP contribution in [-0.4, -0.2) is 76.6 Å². The number of likely N-dealkylation sites (tertiary alicyclic amines) is 2. The van der Waals surface area contributed by atoms with E-state index in [1.807, 2.05) is 4.90 Å². The van der Waals surface area contributed by atoms with E-state index in [1.54, 1.807) is 24.3 Å². The maximum atomic E-state index is 12.5. The summed E-state index contributed by atoms with van der Waals surface area (Å²) >= 11 is 1.37. The van der Waals surface area contributed by atoms with Crippen molar-refractivity contribution in [1.29, 1.82) is 0 Å². The number of nitrogens with one attached hydrogen (secondary N) is 2. The fourth-order valence-electron chi connectivity index (χ4n) is 4.50. The molecule has 2 N–H and O–H groups in total. The Morgan fingerprint density at radius 3 is 2.29 bits per heavy atom. The maximum Gasteiger partial charge on any atom is 0.262 e. The third-order valence-corrected chi connectivity index (χ3v) is 7.70. The van der Waals surface area contributed by atoms with Crippen LogP contribution in [0.5, 0.6) is 0 Å². The molecule has 1 aromatic carbocycles. The van der Waals surface area contributed by atoms with Crippen LogP contribution >= 0.6 is 11.8 Å². The second-order valence-electron chi connectivity index (χ2n) is 9.16. The van der Waals surface area contributed by atoms with Crippen molar-refractivity contribution in [2.24, 2.45) is 4.99 Å². The summed E-state index contributed by atoms with van der Waals surface area (Å²) in [6.45, 7) is 3.72. The van der Waals surface area contributed by atoms with Crippen molar-refractivity contribution in [3.05, 3.63) is 29.8 Å². The fraction of sp³-hybridized carbons (Fsp3) is 0.560. The minimum atomic E-state index is -0.493. The first kappa shape index (κ1) is 25.2. The van der Waals surface area contributed by atoms with Crippen molar-refractivity contribution in [2.75, 3.05) is 38.0 Å². The zero-order valence-corrected chi connectivity index (χ0v) is 20.8.